The number of aryl methyl sites for hydroxylation is 1. The van der Waals surface area contributed by atoms with E-state index in [1.54, 1.807) is 6.07 Å². The second-order valence-electron chi connectivity index (χ2n) is 7.18. The lowest BCUT2D eigenvalue weighted by atomic mass is 10.1. The molecular formula is C22H21N3O4S. The summed E-state index contributed by atoms with van der Waals surface area (Å²) in [7, 11) is -3.19. The molecule has 0 saturated heterocycles. The van der Waals surface area contributed by atoms with Gasteiger partial charge >= 0.3 is 6.09 Å². The molecule has 2 aromatic carbocycles. The number of rotatable bonds is 5. The molecule has 1 N–H and O–H groups in total. The summed E-state index contributed by atoms with van der Waals surface area (Å²) in [6.45, 7) is 1.86. The van der Waals surface area contributed by atoms with Crippen molar-refractivity contribution in [2.45, 2.75) is 6.92 Å². The van der Waals surface area contributed by atoms with Gasteiger partial charge < -0.3 is 9.14 Å². The molecular weight excluding hydrogens is 402 g/mol. The molecule has 1 amide bonds. The zero-order valence-corrected chi connectivity index (χ0v) is 17.4. The normalized spacial score (nSPS) is 11.7. The molecule has 0 aliphatic carbocycles. The van der Waals surface area contributed by atoms with Crippen molar-refractivity contribution in [3.63, 3.8) is 0 Å². The molecule has 0 unspecified atom stereocenters. The highest BCUT2D eigenvalue weighted by Gasteiger charge is 2.11. The summed E-state index contributed by atoms with van der Waals surface area (Å²) < 4.78 is 29.2. The molecule has 0 aliphatic rings. The number of anilines is 1. The monoisotopic (exact) mass is 423 g/mol. The van der Waals surface area contributed by atoms with E-state index in [2.05, 4.69) is 18.3 Å². The Balaban J connectivity index is 1.63. The molecule has 8 heteroatoms. The van der Waals surface area contributed by atoms with Crippen LogP contribution < -0.4 is 5.32 Å². The van der Waals surface area contributed by atoms with Crippen molar-refractivity contribution < 1.29 is 17.9 Å². The van der Waals surface area contributed by atoms with E-state index in [1.165, 1.54) is 0 Å². The lowest BCUT2D eigenvalue weighted by Crippen LogP contribution is -2.18. The first kappa shape index (κ1) is 19.9. The third kappa shape index (κ3) is 4.28. The molecule has 2 aromatic heterocycles. The first-order chi connectivity index (χ1) is 14.3. The lowest BCUT2D eigenvalue weighted by molar-refractivity contribution is 0.168. The van der Waals surface area contributed by atoms with E-state index in [1.807, 2.05) is 53.2 Å². The van der Waals surface area contributed by atoms with Crippen LogP contribution in [0.3, 0.4) is 0 Å². The number of pyridine rings is 1. The predicted octanol–water partition coefficient (Wildman–Crippen LogP) is 4.06. The van der Waals surface area contributed by atoms with Gasteiger partial charge in [-0.05, 0) is 36.1 Å². The topological polar surface area (TPSA) is 89.8 Å². The van der Waals surface area contributed by atoms with Gasteiger partial charge in [0.2, 0.25) is 0 Å². The van der Waals surface area contributed by atoms with Gasteiger partial charge in [0.25, 0.3) is 0 Å². The van der Waals surface area contributed by atoms with Crippen molar-refractivity contribution in [3.8, 4) is 11.3 Å². The van der Waals surface area contributed by atoms with Gasteiger partial charge in [-0.15, -0.1) is 0 Å². The molecule has 0 fully saturated rings. The number of hydrogen-bond donors (Lipinski definition) is 1. The highest BCUT2D eigenvalue weighted by Crippen LogP contribution is 2.28. The van der Waals surface area contributed by atoms with E-state index in [4.69, 9.17) is 9.72 Å². The number of carbonyl (C=O) groups is 1. The van der Waals surface area contributed by atoms with Gasteiger partial charge in [0.05, 0.1) is 11.4 Å². The van der Waals surface area contributed by atoms with Crippen molar-refractivity contribution in [2.75, 3.05) is 23.9 Å². The fraction of sp³-hybridized carbons (Fsp3) is 0.182. The van der Waals surface area contributed by atoms with Crippen LogP contribution in [0.5, 0.6) is 0 Å². The Hall–Kier alpha value is -3.39. The second-order valence-corrected chi connectivity index (χ2v) is 9.44. The van der Waals surface area contributed by atoms with Crippen LogP contribution in [0.4, 0.5) is 10.5 Å². The maximum absolute atomic E-state index is 12.0. The third-order valence-electron chi connectivity index (χ3n) is 4.80. The van der Waals surface area contributed by atoms with Gasteiger partial charge in [-0.25, -0.2) is 18.2 Å². The molecule has 7 nitrogen and oxygen atoms in total. The number of sulfone groups is 1. The molecule has 2 heterocycles. The van der Waals surface area contributed by atoms with E-state index in [0.29, 0.717) is 5.69 Å². The highest BCUT2D eigenvalue weighted by atomic mass is 32.2. The average Bonchev–Trinajstić information content (AvgIpc) is 3.12. The molecule has 0 bridgehead atoms. The molecule has 0 aliphatic heterocycles. The molecule has 0 radical (unpaired) electrons. The Kier molecular flexibility index (Phi) is 5.17. The summed E-state index contributed by atoms with van der Waals surface area (Å²) in [6.07, 6.45) is 4.34. The molecule has 4 aromatic rings. The zero-order valence-electron chi connectivity index (χ0n) is 16.6. The number of amides is 1. The summed E-state index contributed by atoms with van der Waals surface area (Å²) in [4.78, 5) is 16.8. The maximum Gasteiger partial charge on any atom is 0.411 e. The van der Waals surface area contributed by atoms with E-state index in [0.717, 1.165) is 39.5 Å². The van der Waals surface area contributed by atoms with E-state index >= 15 is 0 Å². The number of aromatic nitrogens is 2. The number of nitrogens with zero attached hydrogens (tertiary/aromatic N) is 2. The molecule has 4 rings (SSSR count). The van der Waals surface area contributed by atoms with Crippen LogP contribution in [-0.4, -0.2) is 42.5 Å². The second kappa shape index (κ2) is 7.79. The van der Waals surface area contributed by atoms with Gasteiger partial charge in [0.15, 0.2) is 9.84 Å². The van der Waals surface area contributed by atoms with Gasteiger partial charge in [-0.2, -0.15) is 0 Å². The summed E-state index contributed by atoms with van der Waals surface area (Å²) in [5.74, 6) is -0.214. The number of hydrogen-bond acceptors (Lipinski definition) is 5. The maximum atomic E-state index is 12.0. The largest absolute Gasteiger partial charge is 0.448 e. The lowest BCUT2D eigenvalue weighted by Gasteiger charge is -2.08. The Morgan fingerprint density at radius 1 is 1.17 bits per heavy atom. The van der Waals surface area contributed by atoms with Gasteiger partial charge in [0, 0.05) is 35.3 Å². The average molecular weight is 423 g/mol. The first-order valence-corrected chi connectivity index (χ1v) is 11.5. The smallest absolute Gasteiger partial charge is 0.411 e. The van der Waals surface area contributed by atoms with Crippen LogP contribution in [-0.2, 0) is 14.6 Å². The summed E-state index contributed by atoms with van der Waals surface area (Å²) in [6, 6.07) is 15.6. The minimum absolute atomic E-state index is 0.192. The minimum atomic E-state index is -3.19. The fourth-order valence-corrected chi connectivity index (χ4v) is 3.66. The van der Waals surface area contributed by atoms with Crippen molar-refractivity contribution in [2.24, 2.45) is 0 Å². The summed E-state index contributed by atoms with van der Waals surface area (Å²) in [5, 5.41) is 4.51. The summed E-state index contributed by atoms with van der Waals surface area (Å²) >= 11 is 0. The predicted molar refractivity (Wildman–Crippen MR) is 118 cm³/mol. The van der Waals surface area contributed by atoms with Crippen molar-refractivity contribution in [1.82, 2.24) is 9.38 Å². The molecule has 0 atom stereocenters. The van der Waals surface area contributed by atoms with Crippen LogP contribution >= 0.6 is 0 Å². The van der Waals surface area contributed by atoms with Gasteiger partial charge in [0.1, 0.15) is 12.3 Å². The van der Waals surface area contributed by atoms with Crippen LogP contribution in [0.1, 0.15) is 5.56 Å². The van der Waals surface area contributed by atoms with E-state index in [9.17, 15) is 13.2 Å². The number of imidazole rings is 1. The van der Waals surface area contributed by atoms with Crippen LogP contribution in [0.25, 0.3) is 27.7 Å². The minimum Gasteiger partial charge on any atom is -0.448 e. The third-order valence-corrected chi connectivity index (χ3v) is 5.70. The Morgan fingerprint density at radius 3 is 2.73 bits per heavy atom. The quantitative estimate of drug-likeness (QED) is 0.523. The standard InChI is InChI=1S/C22H21N3O4S/c1-15-5-3-4-6-18(15)20-14-25-10-9-16-7-8-17(13-19(16)21(25)24-20)23-22(26)29-11-12-30(2,27)28/h3-10,13-14H,11-12H2,1-2H3,(H,23,26). The van der Waals surface area contributed by atoms with Crippen molar-refractivity contribution >= 4 is 38.0 Å². The van der Waals surface area contributed by atoms with Crippen LogP contribution in [0.15, 0.2) is 60.9 Å². The molecule has 30 heavy (non-hydrogen) atoms. The molecule has 0 saturated carbocycles. The summed E-state index contributed by atoms with van der Waals surface area (Å²) in [5.41, 5.74) is 4.40. The van der Waals surface area contributed by atoms with Gasteiger partial charge in [-0.1, -0.05) is 30.3 Å². The number of fused-ring (bicyclic) bond motifs is 3. The molecule has 154 valence electrons. The van der Waals surface area contributed by atoms with Crippen LogP contribution in [0.2, 0.25) is 0 Å². The number of benzene rings is 2. The van der Waals surface area contributed by atoms with E-state index in [-0.39, 0.29) is 12.4 Å². The number of ether oxygens (including phenoxy) is 1. The van der Waals surface area contributed by atoms with Crippen LogP contribution in [0, 0.1) is 6.92 Å². The van der Waals surface area contributed by atoms with E-state index < -0.39 is 15.9 Å². The van der Waals surface area contributed by atoms with Gasteiger partial charge in [-0.3, -0.25) is 5.32 Å². The van der Waals surface area contributed by atoms with Crippen molar-refractivity contribution in [3.05, 3.63) is 66.5 Å². The highest BCUT2D eigenvalue weighted by molar-refractivity contribution is 7.90. The molecule has 0 spiro atoms. The first-order valence-electron chi connectivity index (χ1n) is 9.39. The number of nitrogens with one attached hydrogen (secondary N) is 1. The van der Waals surface area contributed by atoms with Crippen molar-refractivity contribution in [1.29, 1.82) is 0 Å². The Morgan fingerprint density at radius 2 is 1.97 bits per heavy atom. The number of carbonyl (C=O) groups excluding carboxylic acids is 1. The zero-order chi connectivity index (χ0) is 21.3. The SMILES string of the molecule is Cc1ccccc1-c1cn2ccc3ccc(NC(=O)OCCS(C)(=O)=O)cc3c2n1. The Bertz CT molecular complexity index is 1360. The Labute approximate surface area is 174 Å². The fourth-order valence-electron chi connectivity index (χ4n) is 3.27.